The maximum atomic E-state index is 5.74. The Morgan fingerprint density at radius 3 is 1.15 bits per heavy atom. The zero-order valence-corrected chi connectivity index (χ0v) is 20.2. The first-order chi connectivity index (χ1) is 13.4. The van der Waals surface area contributed by atoms with Crippen LogP contribution in [0.2, 0.25) is 6.04 Å². The van der Waals surface area contributed by atoms with Crippen LogP contribution in [0, 0.1) is 0 Å². The van der Waals surface area contributed by atoms with Gasteiger partial charge in [0.1, 0.15) is 0 Å². The molecule has 0 saturated carbocycles. The summed E-state index contributed by atoms with van der Waals surface area (Å²) in [5.74, 6) is 0. The van der Waals surface area contributed by atoms with Gasteiger partial charge in [-0.2, -0.15) is 0 Å². The molecule has 2 heteroatoms. The zero-order valence-electron chi connectivity index (χ0n) is 19.2. The summed E-state index contributed by atoms with van der Waals surface area (Å²) in [6.45, 7) is 5.57. The molecule has 2 radical (unpaired) electrons. The van der Waals surface area contributed by atoms with Gasteiger partial charge >= 0.3 is 0 Å². The summed E-state index contributed by atoms with van der Waals surface area (Å²) in [4.78, 5) is 0. The average molecular weight is 397 g/mol. The van der Waals surface area contributed by atoms with E-state index in [2.05, 4.69) is 13.8 Å². The molecule has 0 rings (SSSR count). The molecule has 0 heterocycles. The highest BCUT2D eigenvalue weighted by Gasteiger charge is 1.96. The van der Waals surface area contributed by atoms with Gasteiger partial charge < -0.3 is 4.43 Å². The number of hydrogen-bond acceptors (Lipinski definition) is 1. The van der Waals surface area contributed by atoms with Gasteiger partial charge in [-0.25, -0.2) is 0 Å². The largest absolute Gasteiger partial charge is 0.417 e. The normalized spacial score (nSPS) is 11.3. The van der Waals surface area contributed by atoms with E-state index in [0.29, 0.717) is 0 Å². The van der Waals surface area contributed by atoms with Crippen LogP contribution in [0.15, 0.2) is 0 Å². The van der Waals surface area contributed by atoms with Crippen molar-refractivity contribution in [1.82, 2.24) is 0 Å². The lowest BCUT2D eigenvalue weighted by Crippen LogP contribution is -2.00. The topological polar surface area (TPSA) is 9.23 Å². The van der Waals surface area contributed by atoms with E-state index in [9.17, 15) is 0 Å². The van der Waals surface area contributed by atoms with Crippen LogP contribution in [0.1, 0.15) is 149 Å². The Hall–Kier alpha value is 0.177. The third-order valence-electron chi connectivity index (χ3n) is 5.58. The van der Waals surface area contributed by atoms with Gasteiger partial charge in [0.2, 0.25) is 9.76 Å². The number of unbranched alkanes of at least 4 members (excludes halogenated alkanes) is 19. The second-order valence-electron chi connectivity index (χ2n) is 8.46. The monoisotopic (exact) mass is 396 g/mol. The summed E-state index contributed by atoms with van der Waals surface area (Å²) < 4.78 is 5.74. The molecule has 0 fully saturated rings. The first-order valence-corrected chi connectivity index (χ1v) is 13.9. The van der Waals surface area contributed by atoms with Crippen molar-refractivity contribution in [3.05, 3.63) is 0 Å². The van der Waals surface area contributed by atoms with Crippen LogP contribution in [-0.2, 0) is 4.43 Å². The van der Waals surface area contributed by atoms with Crippen molar-refractivity contribution >= 4 is 9.76 Å². The highest BCUT2D eigenvalue weighted by molar-refractivity contribution is 6.26. The van der Waals surface area contributed by atoms with Gasteiger partial charge in [0.15, 0.2) is 0 Å². The van der Waals surface area contributed by atoms with Gasteiger partial charge in [-0.1, -0.05) is 142 Å². The van der Waals surface area contributed by atoms with E-state index in [1.165, 1.54) is 141 Å². The summed E-state index contributed by atoms with van der Waals surface area (Å²) in [7, 11) is 0.753. The fourth-order valence-electron chi connectivity index (χ4n) is 3.67. The standard InChI is InChI=1S/C25H52OSi/c1-3-5-7-8-9-10-11-12-13-14-15-16-17-18-19-20-21-22-24-26-27-25-23-6-4-2/h3-25H2,1-2H3. The molecule has 0 aromatic carbocycles. The summed E-state index contributed by atoms with van der Waals surface area (Å²) in [6, 6.07) is 1.28. The van der Waals surface area contributed by atoms with Crippen LogP contribution in [0.3, 0.4) is 0 Å². The Balaban J connectivity index is 2.95. The molecular formula is C25H52OSi. The molecule has 0 bridgehead atoms. The molecule has 0 aromatic heterocycles. The Morgan fingerprint density at radius 1 is 0.407 bits per heavy atom. The second-order valence-corrected chi connectivity index (χ2v) is 9.54. The zero-order chi connectivity index (χ0) is 19.7. The highest BCUT2D eigenvalue weighted by atomic mass is 28.2. The fraction of sp³-hybridized carbons (Fsp3) is 1.00. The minimum absolute atomic E-state index is 0.753. The first-order valence-electron chi connectivity index (χ1n) is 12.8. The van der Waals surface area contributed by atoms with Gasteiger partial charge in [-0.15, -0.1) is 0 Å². The van der Waals surface area contributed by atoms with E-state index in [1.54, 1.807) is 0 Å². The van der Waals surface area contributed by atoms with Crippen molar-refractivity contribution in [3.8, 4) is 0 Å². The Morgan fingerprint density at radius 2 is 0.741 bits per heavy atom. The molecule has 162 valence electrons. The fourth-order valence-corrected chi connectivity index (χ4v) is 4.49. The van der Waals surface area contributed by atoms with Gasteiger partial charge in [-0.05, 0) is 12.5 Å². The summed E-state index contributed by atoms with van der Waals surface area (Å²) in [5.41, 5.74) is 0. The SMILES string of the molecule is CCCCCCCCCCCCCCCCCCCCO[Si]CCCCC. The maximum absolute atomic E-state index is 5.74. The van der Waals surface area contributed by atoms with Crippen molar-refractivity contribution in [2.45, 2.75) is 155 Å². The Kier molecular flexibility index (Phi) is 26.3. The summed E-state index contributed by atoms with van der Waals surface area (Å²) in [5, 5.41) is 0. The highest BCUT2D eigenvalue weighted by Crippen LogP contribution is 2.14. The van der Waals surface area contributed by atoms with E-state index in [0.717, 1.165) is 16.4 Å². The molecule has 0 N–H and O–H groups in total. The van der Waals surface area contributed by atoms with Crippen molar-refractivity contribution in [2.24, 2.45) is 0 Å². The van der Waals surface area contributed by atoms with Crippen LogP contribution >= 0.6 is 0 Å². The molecular weight excluding hydrogens is 344 g/mol. The summed E-state index contributed by atoms with van der Waals surface area (Å²) in [6.07, 6.45) is 30.0. The lowest BCUT2D eigenvalue weighted by Gasteiger charge is -2.04. The van der Waals surface area contributed by atoms with Crippen molar-refractivity contribution in [1.29, 1.82) is 0 Å². The first kappa shape index (κ1) is 27.2. The van der Waals surface area contributed by atoms with Crippen LogP contribution in [0.25, 0.3) is 0 Å². The van der Waals surface area contributed by atoms with Crippen molar-refractivity contribution in [2.75, 3.05) is 6.61 Å². The van der Waals surface area contributed by atoms with Crippen molar-refractivity contribution in [3.63, 3.8) is 0 Å². The minimum atomic E-state index is 0.753. The predicted molar refractivity (Wildman–Crippen MR) is 125 cm³/mol. The van der Waals surface area contributed by atoms with Gasteiger partial charge in [-0.3, -0.25) is 0 Å². The Labute approximate surface area is 175 Å². The molecule has 27 heavy (non-hydrogen) atoms. The van der Waals surface area contributed by atoms with Gasteiger partial charge in [0.25, 0.3) is 0 Å². The lowest BCUT2D eigenvalue weighted by molar-refractivity contribution is 0.319. The van der Waals surface area contributed by atoms with E-state index in [-0.39, 0.29) is 0 Å². The molecule has 0 aliphatic carbocycles. The predicted octanol–water partition coefficient (Wildman–Crippen LogP) is 9.27. The number of rotatable bonds is 24. The lowest BCUT2D eigenvalue weighted by atomic mass is 10.0. The van der Waals surface area contributed by atoms with Crippen molar-refractivity contribution < 1.29 is 4.43 Å². The molecule has 0 aliphatic rings. The third kappa shape index (κ3) is 26.2. The molecule has 0 spiro atoms. The molecule has 0 aliphatic heterocycles. The molecule has 0 amide bonds. The number of hydrogen-bond donors (Lipinski definition) is 0. The van der Waals surface area contributed by atoms with E-state index >= 15 is 0 Å². The Bertz CT molecular complexity index is 220. The molecule has 0 saturated heterocycles. The van der Waals surface area contributed by atoms with E-state index < -0.39 is 0 Å². The molecule has 1 nitrogen and oxygen atoms in total. The molecule has 0 unspecified atom stereocenters. The molecule has 0 atom stereocenters. The smallest absolute Gasteiger partial charge is 0.229 e. The van der Waals surface area contributed by atoms with Crippen LogP contribution in [-0.4, -0.2) is 16.4 Å². The van der Waals surface area contributed by atoms with E-state index in [4.69, 9.17) is 4.43 Å². The molecule has 0 aromatic rings. The van der Waals surface area contributed by atoms with Gasteiger partial charge in [0.05, 0.1) is 0 Å². The average Bonchev–Trinajstić information content (AvgIpc) is 2.68. The maximum Gasteiger partial charge on any atom is 0.229 e. The van der Waals surface area contributed by atoms with Crippen LogP contribution in [0.4, 0.5) is 0 Å². The third-order valence-corrected chi connectivity index (χ3v) is 6.55. The quantitative estimate of drug-likeness (QED) is 0.117. The van der Waals surface area contributed by atoms with Crippen LogP contribution < -0.4 is 0 Å². The second kappa shape index (κ2) is 26.2. The van der Waals surface area contributed by atoms with Crippen LogP contribution in [0.5, 0.6) is 0 Å². The van der Waals surface area contributed by atoms with Gasteiger partial charge in [0, 0.05) is 6.61 Å². The summed E-state index contributed by atoms with van der Waals surface area (Å²) >= 11 is 0. The minimum Gasteiger partial charge on any atom is -0.417 e. The van der Waals surface area contributed by atoms with E-state index in [1.807, 2.05) is 0 Å².